The minimum absolute atomic E-state index is 0.197. The molecule has 1 aliphatic heterocycles. The predicted octanol–water partition coefficient (Wildman–Crippen LogP) is 0.903. The van der Waals surface area contributed by atoms with E-state index in [1.54, 1.807) is 0 Å². The van der Waals surface area contributed by atoms with Crippen molar-refractivity contribution in [3.05, 3.63) is 0 Å². The van der Waals surface area contributed by atoms with Gasteiger partial charge in [0.2, 0.25) is 0 Å². The number of ketones is 1. The Morgan fingerprint density at radius 3 is 2.91 bits per heavy atom. The maximum Gasteiger partial charge on any atom is 0.144 e. The summed E-state index contributed by atoms with van der Waals surface area (Å²) >= 11 is 1.84. The third kappa shape index (κ3) is 1.59. The van der Waals surface area contributed by atoms with Crippen LogP contribution in [0.25, 0.3) is 0 Å². The van der Waals surface area contributed by atoms with Gasteiger partial charge in [-0.2, -0.15) is 11.8 Å². The van der Waals surface area contributed by atoms with Crippen LogP contribution in [0.3, 0.4) is 0 Å². The molecule has 1 saturated heterocycles. The first kappa shape index (κ1) is 9.07. The Balaban J connectivity index is 2.72. The minimum Gasteiger partial charge on any atom is -0.329 e. The zero-order valence-electron chi connectivity index (χ0n) is 7.09. The molecular weight excluding hydrogens is 158 g/mol. The lowest BCUT2D eigenvalue weighted by Crippen LogP contribution is -2.44. The lowest BCUT2D eigenvalue weighted by atomic mass is 9.82. The summed E-state index contributed by atoms with van der Waals surface area (Å²) in [5.41, 5.74) is 5.31. The normalized spacial score (nSPS) is 39.2. The molecule has 0 amide bonds. The Morgan fingerprint density at radius 1 is 1.82 bits per heavy atom. The van der Waals surface area contributed by atoms with Crippen LogP contribution in [0.1, 0.15) is 13.8 Å². The van der Waals surface area contributed by atoms with Crippen LogP contribution in [0.2, 0.25) is 0 Å². The van der Waals surface area contributed by atoms with Crippen molar-refractivity contribution in [2.75, 3.05) is 18.1 Å². The van der Waals surface area contributed by atoms with Crippen molar-refractivity contribution in [2.24, 2.45) is 17.1 Å². The fourth-order valence-corrected chi connectivity index (χ4v) is 2.70. The van der Waals surface area contributed by atoms with Crippen molar-refractivity contribution in [1.29, 1.82) is 0 Å². The van der Waals surface area contributed by atoms with Crippen LogP contribution in [0, 0.1) is 11.3 Å². The molecule has 2 unspecified atom stereocenters. The Hall–Kier alpha value is -0.0200. The molecule has 1 heterocycles. The van der Waals surface area contributed by atoms with Gasteiger partial charge in [-0.1, -0.05) is 13.8 Å². The summed E-state index contributed by atoms with van der Waals surface area (Å²) in [5.74, 6) is 2.40. The van der Waals surface area contributed by atoms with Gasteiger partial charge in [-0.25, -0.2) is 0 Å². The summed E-state index contributed by atoms with van der Waals surface area (Å²) in [6.45, 7) is 4.45. The van der Waals surface area contributed by atoms with Crippen LogP contribution in [-0.4, -0.2) is 23.8 Å². The molecule has 0 radical (unpaired) electrons. The molecule has 1 fully saturated rings. The molecule has 0 aliphatic carbocycles. The van der Waals surface area contributed by atoms with Crippen molar-refractivity contribution >= 4 is 17.5 Å². The summed E-state index contributed by atoms with van der Waals surface area (Å²) in [6, 6.07) is 0. The second-order valence-corrected chi connectivity index (χ2v) is 4.58. The molecule has 2 atom stereocenters. The predicted molar refractivity (Wildman–Crippen MR) is 48.7 cm³/mol. The average Bonchev–Trinajstić information content (AvgIpc) is 2.00. The van der Waals surface area contributed by atoms with Crippen molar-refractivity contribution in [1.82, 2.24) is 0 Å². The topological polar surface area (TPSA) is 43.1 Å². The number of rotatable bonds is 1. The summed E-state index contributed by atoms with van der Waals surface area (Å²) in [6.07, 6.45) is 0. The maximum absolute atomic E-state index is 11.6. The van der Waals surface area contributed by atoms with Gasteiger partial charge >= 0.3 is 0 Å². The van der Waals surface area contributed by atoms with Gasteiger partial charge in [0.1, 0.15) is 5.78 Å². The largest absolute Gasteiger partial charge is 0.329 e. The van der Waals surface area contributed by atoms with Crippen molar-refractivity contribution < 1.29 is 4.79 Å². The van der Waals surface area contributed by atoms with Gasteiger partial charge in [0.25, 0.3) is 0 Å². The first-order valence-electron chi connectivity index (χ1n) is 3.92. The highest BCUT2D eigenvalue weighted by Gasteiger charge is 2.38. The lowest BCUT2D eigenvalue weighted by molar-refractivity contribution is -0.129. The fourth-order valence-electron chi connectivity index (χ4n) is 1.36. The highest BCUT2D eigenvalue weighted by atomic mass is 32.2. The molecule has 2 nitrogen and oxygen atoms in total. The zero-order chi connectivity index (χ0) is 8.48. The Morgan fingerprint density at radius 2 is 2.45 bits per heavy atom. The number of Topliss-reactive ketones (excluding diaryl/α,β-unsaturated/α-hetero) is 1. The number of hydrogen-bond donors (Lipinski definition) is 1. The summed E-state index contributed by atoms with van der Waals surface area (Å²) in [4.78, 5) is 11.6. The lowest BCUT2D eigenvalue weighted by Gasteiger charge is -2.33. The Kier molecular flexibility index (Phi) is 2.60. The van der Waals surface area contributed by atoms with Crippen molar-refractivity contribution in [3.63, 3.8) is 0 Å². The quantitative estimate of drug-likeness (QED) is 0.641. The molecule has 0 saturated carbocycles. The van der Waals surface area contributed by atoms with Crippen LogP contribution in [0.15, 0.2) is 0 Å². The van der Waals surface area contributed by atoms with Gasteiger partial charge < -0.3 is 5.73 Å². The second kappa shape index (κ2) is 3.15. The van der Waals surface area contributed by atoms with Crippen LogP contribution in [0.5, 0.6) is 0 Å². The molecule has 0 bridgehead atoms. The molecule has 3 heteroatoms. The van der Waals surface area contributed by atoms with Crippen LogP contribution in [-0.2, 0) is 4.79 Å². The van der Waals surface area contributed by atoms with Crippen molar-refractivity contribution in [2.45, 2.75) is 13.8 Å². The van der Waals surface area contributed by atoms with E-state index in [1.807, 2.05) is 25.6 Å². The maximum atomic E-state index is 11.6. The minimum atomic E-state index is -0.248. The molecule has 2 N–H and O–H groups in total. The molecule has 0 aromatic heterocycles. The number of carbonyl (C=O) groups is 1. The number of thioether (sulfide) groups is 1. The van der Waals surface area contributed by atoms with Gasteiger partial charge in [-0.05, 0) is 0 Å². The SMILES string of the molecule is CC1CSCC(C)(CN)C1=O. The fraction of sp³-hybridized carbons (Fsp3) is 0.875. The Labute approximate surface area is 71.9 Å². The van der Waals surface area contributed by atoms with E-state index in [2.05, 4.69) is 0 Å². The molecule has 64 valence electrons. The van der Waals surface area contributed by atoms with E-state index in [9.17, 15) is 4.79 Å². The molecule has 1 aliphatic rings. The second-order valence-electron chi connectivity index (χ2n) is 3.55. The Bertz CT molecular complexity index is 171. The monoisotopic (exact) mass is 173 g/mol. The number of hydrogen-bond acceptors (Lipinski definition) is 3. The van der Waals surface area contributed by atoms with E-state index < -0.39 is 0 Å². The van der Waals surface area contributed by atoms with E-state index in [4.69, 9.17) is 5.73 Å². The van der Waals surface area contributed by atoms with Gasteiger partial charge in [0, 0.05) is 29.4 Å². The molecular formula is C8H15NOS. The summed E-state index contributed by atoms with van der Waals surface area (Å²) in [5, 5.41) is 0. The third-order valence-electron chi connectivity index (χ3n) is 2.28. The summed E-state index contributed by atoms with van der Waals surface area (Å²) < 4.78 is 0. The van der Waals surface area contributed by atoms with Crippen LogP contribution < -0.4 is 5.73 Å². The van der Waals surface area contributed by atoms with E-state index in [0.717, 1.165) is 11.5 Å². The van der Waals surface area contributed by atoms with Crippen molar-refractivity contribution in [3.8, 4) is 0 Å². The molecule has 0 aromatic carbocycles. The van der Waals surface area contributed by atoms with E-state index >= 15 is 0 Å². The van der Waals surface area contributed by atoms with Crippen LogP contribution in [0.4, 0.5) is 0 Å². The number of carbonyl (C=O) groups excluding carboxylic acids is 1. The molecule has 1 rings (SSSR count). The molecule has 0 spiro atoms. The average molecular weight is 173 g/mol. The van der Waals surface area contributed by atoms with E-state index in [-0.39, 0.29) is 11.3 Å². The first-order valence-corrected chi connectivity index (χ1v) is 5.08. The van der Waals surface area contributed by atoms with Gasteiger partial charge in [0.05, 0.1) is 0 Å². The standard InChI is InChI=1S/C8H15NOS/c1-6-3-11-5-8(2,4-9)7(6)10/h6H,3-5,9H2,1-2H3. The third-order valence-corrected chi connectivity index (χ3v) is 3.86. The summed E-state index contributed by atoms with van der Waals surface area (Å²) in [7, 11) is 0. The number of nitrogens with two attached hydrogens (primary N) is 1. The highest BCUT2D eigenvalue weighted by Crippen LogP contribution is 2.32. The van der Waals surface area contributed by atoms with Gasteiger partial charge in [-0.3, -0.25) is 4.79 Å². The van der Waals surface area contributed by atoms with E-state index in [0.29, 0.717) is 12.3 Å². The first-order chi connectivity index (χ1) is 5.10. The smallest absolute Gasteiger partial charge is 0.144 e. The van der Waals surface area contributed by atoms with Crippen LogP contribution >= 0.6 is 11.8 Å². The molecule has 11 heavy (non-hydrogen) atoms. The highest BCUT2D eigenvalue weighted by molar-refractivity contribution is 7.99. The molecule has 0 aromatic rings. The van der Waals surface area contributed by atoms with Gasteiger partial charge in [0.15, 0.2) is 0 Å². The zero-order valence-corrected chi connectivity index (χ0v) is 7.91. The van der Waals surface area contributed by atoms with Gasteiger partial charge in [-0.15, -0.1) is 0 Å². The van der Waals surface area contributed by atoms with E-state index in [1.165, 1.54) is 0 Å².